The third-order valence-electron chi connectivity index (χ3n) is 4.50. The third-order valence-corrected chi connectivity index (χ3v) is 4.50. The summed E-state index contributed by atoms with van der Waals surface area (Å²) in [6.45, 7) is 2.04. The molecule has 0 spiro atoms. The minimum atomic E-state index is -0.787. The van der Waals surface area contributed by atoms with Crippen molar-refractivity contribution < 1.29 is 10.0 Å². The first-order valence-electron chi connectivity index (χ1n) is 7.37. The zero-order chi connectivity index (χ0) is 13.9. The number of nitrogens with one attached hydrogen (secondary N) is 1. The van der Waals surface area contributed by atoms with Crippen LogP contribution in [0.15, 0.2) is 5.16 Å². The molecule has 1 unspecified atom stereocenters. The third kappa shape index (κ3) is 3.19. The lowest BCUT2D eigenvalue weighted by Crippen LogP contribution is -2.52. The zero-order valence-corrected chi connectivity index (χ0v) is 11.7. The van der Waals surface area contributed by atoms with Gasteiger partial charge in [-0.2, -0.15) is 0 Å². The van der Waals surface area contributed by atoms with Gasteiger partial charge in [-0.05, 0) is 32.1 Å². The number of carbonyl (C=O) groups is 1. The molecule has 1 atom stereocenters. The van der Waals surface area contributed by atoms with Gasteiger partial charge in [0.05, 0.1) is 0 Å². The van der Waals surface area contributed by atoms with Crippen LogP contribution in [0.5, 0.6) is 0 Å². The summed E-state index contributed by atoms with van der Waals surface area (Å²) in [7, 11) is 0. The smallest absolute Gasteiger partial charge is 0.234 e. The topological polar surface area (TPSA) is 87.7 Å². The van der Waals surface area contributed by atoms with Crippen LogP contribution < -0.4 is 11.1 Å². The number of hydrogen-bond donors (Lipinski definition) is 3. The predicted molar refractivity (Wildman–Crippen MR) is 73.9 cm³/mol. The quantitative estimate of drug-likeness (QED) is 0.308. The summed E-state index contributed by atoms with van der Waals surface area (Å²) in [6, 6.07) is 0.172. The Morgan fingerprint density at radius 1 is 1.42 bits per heavy atom. The average molecular weight is 267 g/mol. The van der Waals surface area contributed by atoms with E-state index in [1.807, 2.05) is 6.92 Å². The van der Waals surface area contributed by atoms with E-state index in [0.29, 0.717) is 12.8 Å². The van der Waals surface area contributed by atoms with Gasteiger partial charge in [-0.15, -0.1) is 0 Å². The fourth-order valence-corrected chi connectivity index (χ4v) is 3.12. The standard InChI is InChI=1S/C14H25N3O2/c1-10(9-11-5-6-11)16-13(18)14(12(15)17-19)7-3-2-4-8-14/h10-11,19H,2-9H2,1H3,(H2,15,17)(H,16,18). The van der Waals surface area contributed by atoms with Gasteiger partial charge in [-0.3, -0.25) is 4.79 Å². The summed E-state index contributed by atoms with van der Waals surface area (Å²) in [5, 5.41) is 15.2. The van der Waals surface area contributed by atoms with E-state index in [-0.39, 0.29) is 17.8 Å². The Morgan fingerprint density at radius 3 is 2.58 bits per heavy atom. The van der Waals surface area contributed by atoms with Gasteiger partial charge < -0.3 is 16.3 Å². The Kier molecular flexibility index (Phi) is 4.32. The molecule has 19 heavy (non-hydrogen) atoms. The molecule has 0 aromatic carbocycles. The summed E-state index contributed by atoms with van der Waals surface area (Å²) in [5.74, 6) is 0.792. The lowest BCUT2D eigenvalue weighted by molar-refractivity contribution is -0.129. The monoisotopic (exact) mass is 267 g/mol. The molecule has 2 aliphatic carbocycles. The highest BCUT2D eigenvalue weighted by molar-refractivity contribution is 6.06. The lowest BCUT2D eigenvalue weighted by Gasteiger charge is -2.35. The molecule has 1 amide bonds. The maximum absolute atomic E-state index is 12.5. The molecule has 2 fully saturated rings. The minimum Gasteiger partial charge on any atom is -0.409 e. The molecular formula is C14H25N3O2. The maximum atomic E-state index is 12.5. The normalized spacial score (nSPS) is 24.8. The van der Waals surface area contributed by atoms with E-state index in [2.05, 4.69) is 10.5 Å². The highest BCUT2D eigenvalue weighted by atomic mass is 16.4. The Bertz CT molecular complexity index is 358. The van der Waals surface area contributed by atoms with Crippen LogP contribution in [0.1, 0.15) is 58.3 Å². The van der Waals surface area contributed by atoms with Crippen molar-refractivity contribution in [1.82, 2.24) is 5.32 Å². The second kappa shape index (κ2) is 5.80. The predicted octanol–water partition coefficient (Wildman–Crippen LogP) is 1.99. The molecule has 0 aromatic rings. The summed E-state index contributed by atoms with van der Waals surface area (Å²) in [5.41, 5.74) is 5.03. The SMILES string of the molecule is CC(CC1CC1)NC(=O)C1(C(N)=NO)CCCCC1. The number of nitrogens with zero attached hydrogens (tertiary/aromatic N) is 1. The number of rotatable bonds is 5. The molecule has 0 aliphatic heterocycles. The summed E-state index contributed by atoms with van der Waals surface area (Å²) in [6.07, 6.45) is 8.01. The highest BCUT2D eigenvalue weighted by Crippen LogP contribution is 2.38. The minimum absolute atomic E-state index is 0.0596. The van der Waals surface area contributed by atoms with E-state index in [1.54, 1.807) is 0 Å². The second-order valence-electron chi connectivity index (χ2n) is 6.18. The maximum Gasteiger partial charge on any atom is 0.234 e. The van der Waals surface area contributed by atoms with Gasteiger partial charge in [0.1, 0.15) is 5.41 Å². The largest absolute Gasteiger partial charge is 0.409 e. The molecule has 0 saturated heterocycles. The van der Waals surface area contributed by atoms with Crippen LogP contribution in [0.3, 0.4) is 0 Å². The number of oxime groups is 1. The first-order valence-corrected chi connectivity index (χ1v) is 7.37. The van der Waals surface area contributed by atoms with Gasteiger partial charge in [-0.25, -0.2) is 0 Å². The first kappa shape index (κ1) is 14.2. The Labute approximate surface area is 114 Å². The average Bonchev–Trinajstić information content (AvgIpc) is 3.22. The van der Waals surface area contributed by atoms with Gasteiger partial charge in [-0.1, -0.05) is 37.3 Å². The number of carbonyl (C=O) groups excluding carboxylic acids is 1. The van der Waals surface area contributed by atoms with Crippen LogP contribution in [-0.4, -0.2) is 23.0 Å². The van der Waals surface area contributed by atoms with Crippen LogP contribution in [0.4, 0.5) is 0 Å². The molecule has 5 nitrogen and oxygen atoms in total. The molecule has 0 bridgehead atoms. The van der Waals surface area contributed by atoms with Gasteiger partial charge >= 0.3 is 0 Å². The van der Waals surface area contributed by atoms with Gasteiger partial charge in [0, 0.05) is 6.04 Å². The van der Waals surface area contributed by atoms with Crippen molar-refractivity contribution in [2.45, 2.75) is 64.3 Å². The van der Waals surface area contributed by atoms with Crippen molar-refractivity contribution in [2.75, 3.05) is 0 Å². The fraction of sp³-hybridized carbons (Fsp3) is 0.857. The van der Waals surface area contributed by atoms with Crippen LogP contribution >= 0.6 is 0 Å². The van der Waals surface area contributed by atoms with Crippen LogP contribution in [0, 0.1) is 11.3 Å². The van der Waals surface area contributed by atoms with E-state index in [0.717, 1.165) is 31.6 Å². The van der Waals surface area contributed by atoms with E-state index in [1.165, 1.54) is 12.8 Å². The molecular weight excluding hydrogens is 242 g/mol. The van der Waals surface area contributed by atoms with Crippen LogP contribution in [0.25, 0.3) is 0 Å². The molecule has 108 valence electrons. The molecule has 2 saturated carbocycles. The number of amides is 1. The second-order valence-corrected chi connectivity index (χ2v) is 6.18. The molecule has 2 aliphatic rings. The molecule has 0 radical (unpaired) electrons. The van der Waals surface area contributed by atoms with E-state index in [4.69, 9.17) is 10.9 Å². The van der Waals surface area contributed by atoms with Crippen molar-refractivity contribution in [2.24, 2.45) is 22.2 Å². The van der Waals surface area contributed by atoms with E-state index < -0.39 is 5.41 Å². The first-order chi connectivity index (χ1) is 9.08. The molecule has 0 aromatic heterocycles. The van der Waals surface area contributed by atoms with Crippen molar-refractivity contribution in [3.05, 3.63) is 0 Å². The van der Waals surface area contributed by atoms with Crippen molar-refractivity contribution in [3.63, 3.8) is 0 Å². The summed E-state index contributed by atoms with van der Waals surface area (Å²) >= 11 is 0. The zero-order valence-electron chi connectivity index (χ0n) is 11.7. The van der Waals surface area contributed by atoms with Crippen molar-refractivity contribution >= 4 is 11.7 Å². The number of nitrogens with two attached hydrogens (primary N) is 1. The van der Waals surface area contributed by atoms with Crippen LogP contribution in [0.2, 0.25) is 0 Å². The molecule has 4 N–H and O–H groups in total. The van der Waals surface area contributed by atoms with Crippen LogP contribution in [-0.2, 0) is 4.79 Å². The van der Waals surface area contributed by atoms with Gasteiger partial charge in [0.15, 0.2) is 5.84 Å². The summed E-state index contributed by atoms with van der Waals surface area (Å²) < 4.78 is 0. The number of hydrogen-bond acceptors (Lipinski definition) is 3. The van der Waals surface area contributed by atoms with Gasteiger partial charge in [0.25, 0.3) is 0 Å². The highest BCUT2D eigenvalue weighted by Gasteiger charge is 2.44. The lowest BCUT2D eigenvalue weighted by atomic mass is 9.72. The summed E-state index contributed by atoms with van der Waals surface area (Å²) in [4.78, 5) is 12.5. The van der Waals surface area contributed by atoms with E-state index >= 15 is 0 Å². The van der Waals surface area contributed by atoms with Crippen molar-refractivity contribution in [3.8, 4) is 0 Å². The fourth-order valence-electron chi connectivity index (χ4n) is 3.12. The molecule has 2 rings (SSSR count). The van der Waals surface area contributed by atoms with E-state index in [9.17, 15) is 4.79 Å². The Hall–Kier alpha value is -1.26. The molecule has 0 heterocycles. The Balaban J connectivity index is 2.02. The molecule has 5 heteroatoms. The van der Waals surface area contributed by atoms with Gasteiger partial charge in [0.2, 0.25) is 5.91 Å². The van der Waals surface area contributed by atoms with Crippen molar-refractivity contribution in [1.29, 1.82) is 0 Å². The Morgan fingerprint density at radius 2 is 2.05 bits per heavy atom. The number of amidine groups is 1.